The molecule has 0 aromatic heterocycles. The van der Waals surface area contributed by atoms with Crippen molar-refractivity contribution in [3.05, 3.63) is 0 Å². The lowest BCUT2D eigenvalue weighted by Gasteiger charge is -2.42. The summed E-state index contributed by atoms with van der Waals surface area (Å²) in [5.74, 6) is 2.30. The van der Waals surface area contributed by atoms with Crippen molar-refractivity contribution in [2.75, 3.05) is 0 Å². The second-order valence-corrected chi connectivity index (χ2v) is 5.96. The van der Waals surface area contributed by atoms with Gasteiger partial charge >= 0.3 is 0 Å². The maximum absolute atomic E-state index is 2.46. The molecule has 0 aromatic rings. The third-order valence-electron chi connectivity index (χ3n) is 3.34. The van der Waals surface area contributed by atoms with E-state index in [0.717, 1.165) is 21.8 Å². The Morgan fingerprint density at radius 1 is 1.33 bits per heavy atom. The van der Waals surface area contributed by atoms with Crippen LogP contribution in [0.1, 0.15) is 26.2 Å². The fraction of sp³-hybridized carbons (Fsp3) is 1.00. The van der Waals surface area contributed by atoms with Gasteiger partial charge in [0.15, 0.2) is 0 Å². The van der Waals surface area contributed by atoms with Gasteiger partial charge in [-0.05, 0) is 31.1 Å². The predicted octanol–water partition coefficient (Wildman–Crippen LogP) is 2.29. The maximum atomic E-state index is 2.46. The average molecular weight is 140 g/mol. The minimum absolute atomic E-state index is 0.748. The first-order valence-electron chi connectivity index (χ1n) is 3.95. The van der Waals surface area contributed by atoms with Gasteiger partial charge in [-0.25, -0.2) is 0 Å². The standard InChI is InChI=1S/C8H12S/c1-8-3-5-2-6(4-8)7(5)9-8/h5-7H,2-4H2,1H3. The molecule has 1 aliphatic carbocycles. The van der Waals surface area contributed by atoms with Crippen LogP contribution in [0.5, 0.6) is 0 Å². The Bertz CT molecular complexity index is 146. The van der Waals surface area contributed by atoms with Gasteiger partial charge in [0.05, 0.1) is 0 Å². The Balaban J connectivity index is 2.03. The molecule has 0 aromatic carbocycles. The number of thioether (sulfide) groups is 1. The lowest BCUT2D eigenvalue weighted by molar-refractivity contribution is 0.133. The highest BCUT2D eigenvalue weighted by Gasteiger charge is 2.60. The highest BCUT2D eigenvalue weighted by atomic mass is 32.2. The first-order valence-corrected chi connectivity index (χ1v) is 4.83. The van der Waals surface area contributed by atoms with Crippen molar-refractivity contribution in [1.82, 2.24) is 0 Å². The largest absolute Gasteiger partial charge is 0.151 e. The molecule has 9 heavy (non-hydrogen) atoms. The normalized spacial score (nSPS) is 68.3. The molecule has 2 bridgehead atoms. The van der Waals surface area contributed by atoms with Gasteiger partial charge in [-0.1, -0.05) is 6.92 Å². The number of rotatable bonds is 0. The van der Waals surface area contributed by atoms with E-state index in [-0.39, 0.29) is 0 Å². The van der Waals surface area contributed by atoms with Gasteiger partial charge in [-0.2, -0.15) is 11.8 Å². The second-order valence-electron chi connectivity index (χ2n) is 4.20. The van der Waals surface area contributed by atoms with Crippen LogP contribution in [0.25, 0.3) is 0 Å². The van der Waals surface area contributed by atoms with Crippen LogP contribution in [0.15, 0.2) is 0 Å². The van der Waals surface area contributed by atoms with E-state index < -0.39 is 0 Å². The van der Waals surface area contributed by atoms with Gasteiger partial charge in [-0.3, -0.25) is 0 Å². The zero-order valence-corrected chi connectivity index (χ0v) is 6.58. The summed E-state index contributed by atoms with van der Waals surface area (Å²) >= 11 is 2.29. The Morgan fingerprint density at radius 2 is 2.00 bits per heavy atom. The summed E-state index contributed by atoms with van der Waals surface area (Å²) in [7, 11) is 0. The number of fused-ring (bicyclic) bond motifs is 1. The van der Waals surface area contributed by atoms with E-state index in [4.69, 9.17) is 0 Å². The first-order chi connectivity index (χ1) is 4.27. The zero-order valence-electron chi connectivity index (χ0n) is 5.76. The number of hydrogen-bond acceptors (Lipinski definition) is 1. The average Bonchev–Trinajstić information content (AvgIpc) is 2.17. The zero-order chi connectivity index (χ0) is 6.06. The third kappa shape index (κ3) is 0.450. The monoisotopic (exact) mass is 140 g/mol. The van der Waals surface area contributed by atoms with Gasteiger partial charge in [0.25, 0.3) is 0 Å². The molecule has 2 atom stereocenters. The van der Waals surface area contributed by atoms with Crippen molar-refractivity contribution in [3.8, 4) is 0 Å². The van der Waals surface area contributed by atoms with Crippen LogP contribution in [0.2, 0.25) is 0 Å². The van der Waals surface area contributed by atoms with Gasteiger partial charge in [0, 0.05) is 10.00 Å². The van der Waals surface area contributed by atoms with Gasteiger partial charge in [-0.15, -0.1) is 0 Å². The van der Waals surface area contributed by atoms with E-state index in [1.165, 1.54) is 0 Å². The van der Waals surface area contributed by atoms with Gasteiger partial charge in [0.2, 0.25) is 0 Å². The van der Waals surface area contributed by atoms with E-state index in [0.29, 0.717) is 0 Å². The fourth-order valence-corrected chi connectivity index (χ4v) is 5.13. The third-order valence-corrected chi connectivity index (χ3v) is 5.29. The van der Waals surface area contributed by atoms with Crippen LogP contribution >= 0.6 is 11.8 Å². The summed E-state index contributed by atoms with van der Waals surface area (Å²) in [6.45, 7) is 2.46. The summed E-state index contributed by atoms with van der Waals surface area (Å²) in [5, 5.41) is 1.12. The van der Waals surface area contributed by atoms with Crippen LogP contribution in [-0.2, 0) is 0 Å². The lowest BCUT2D eigenvalue weighted by atomic mass is 9.62. The van der Waals surface area contributed by atoms with E-state index in [2.05, 4.69) is 18.7 Å². The molecule has 50 valence electrons. The molecule has 0 amide bonds. The molecule has 2 unspecified atom stereocenters. The SMILES string of the molecule is CC12CC3CC(C1)C3S2. The van der Waals surface area contributed by atoms with Crippen LogP contribution in [0.4, 0.5) is 0 Å². The van der Waals surface area contributed by atoms with Crippen LogP contribution in [-0.4, -0.2) is 10.00 Å². The Labute approximate surface area is 60.4 Å². The van der Waals surface area contributed by atoms with E-state index >= 15 is 0 Å². The molecule has 3 aliphatic rings. The van der Waals surface area contributed by atoms with Crippen molar-refractivity contribution in [2.45, 2.75) is 36.2 Å². The Kier molecular flexibility index (Phi) is 0.677. The van der Waals surface area contributed by atoms with E-state index in [1.807, 2.05) is 0 Å². The summed E-state index contributed by atoms with van der Waals surface area (Å²) < 4.78 is 0.748. The van der Waals surface area contributed by atoms with Crippen molar-refractivity contribution in [2.24, 2.45) is 11.8 Å². The Morgan fingerprint density at radius 3 is 2.22 bits per heavy atom. The molecule has 0 N–H and O–H groups in total. The molecule has 3 rings (SSSR count). The molecule has 1 saturated carbocycles. The summed E-state index contributed by atoms with van der Waals surface area (Å²) in [5.41, 5.74) is 0. The van der Waals surface area contributed by atoms with E-state index in [9.17, 15) is 0 Å². The lowest BCUT2D eigenvalue weighted by Crippen LogP contribution is -2.40. The molecule has 2 aliphatic heterocycles. The van der Waals surface area contributed by atoms with Gasteiger partial charge in [0.1, 0.15) is 0 Å². The van der Waals surface area contributed by atoms with Crippen LogP contribution in [0.3, 0.4) is 0 Å². The quantitative estimate of drug-likeness (QED) is 0.497. The molecular formula is C8H12S. The van der Waals surface area contributed by atoms with Gasteiger partial charge < -0.3 is 0 Å². The Hall–Kier alpha value is 0.350. The van der Waals surface area contributed by atoms with E-state index in [1.54, 1.807) is 19.3 Å². The molecule has 0 nitrogen and oxygen atoms in total. The smallest absolute Gasteiger partial charge is 0.0141 e. The van der Waals surface area contributed by atoms with Crippen molar-refractivity contribution >= 4 is 11.8 Å². The predicted molar refractivity (Wildman–Crippen MR) is 40.6 cm³/mol. The van der Waals surface area contributed by atoms with Crippen molar-refractivity contribution in [1.29, 1.82) is 0 Å². The van der Waals surface area contributed by atoms with Crippen LogP contribution < -0.4 is 0 Å². The highest BCUT2D eigenvalue weighted by Crippen LogP contribution is 2.68. The van der Waals surface area contributed by atoms with Crippen LogP contribution in [0, 0.1) is 11.8 Å². The highest BCUT2D eigenvalue weighted by molar-refractivity contribution is 8.01. The summed E-state index contributed by atoms with van der Waals surface area (Å²) in [6.07, 6.45) is 4.66. The summed E-state index contributed by atoms with van der Waals surface area (Å²) in [4.78, 5) is 0. The molecule has 2 saturated heterocycles. The molecule has 1 heteroatoms. The van der Waals surface area contributed by atoms with Crippen molar-refractivity contribution < 1.29 is 0 Å². The molecular weight excluding hydrogens is 128 g/mol. The molecule has 0 radical (unpaired) electrons. The minimum Gasteiger partial charge on any atom is -0.151 e. The maximum Gasteiger partial charge on any atom is 0.0141 e. The summed E-state index contributed by atoms with van der Waals surface area (Å²) in [6, 6.07) is 0. The topological polar surface area (TPSA) is 0 Å². The fourth-order valence-electron chi connectivity index (χ4n) is 3.05. The molecule has 3 fully saturated rings. The number of hydrogen-bond donors (Lipinski definition) is 0. The van der Waals surface area contributed by atoms with Crippen molar-refractivity contribution in [3.63, 3.8) is 0 Å². The molecule has 0 spiro atoms. The first kappa shape index (κ1) is 5.06. The second kappa shape index (κ2) is 1.20. The minimum atomic E-state index is 0.748. The molecule has 2 heterocycles.